The number of nitrogens with zero attached hydrogens (tertiary/aromatic N) is 2. The molecule has 6 heteroatoms. The molecule has 18 heavy (non-hydrogen) atoms. The lowest BCUT2D eigenvalue weighted by atomic mass is 10.1. The lowest BCUT2D eigenvalue weighted by Crippen LogP contribution is -1.96. The highest BCUT2D eigenvalue weighted by Gasteiger charge is 2.08. The monoisotopic (exact) mass is 265 g/mol. The number of aromatic nitrogens is 2. The van der Waals surface area contributed by atoms with E-state index >= 15 is 0 Å². The summed E-state index contributed by atoms with van der Waals surface area (Å²) < 4.78 is 5.50. The van der Waals surface area contributed by atoms with Crippen LogP contribution < -0.4 is 10.5 Å². The van der Waals surface area contributed by atoms with Gasteiger partial charge in [0.05, 0.1) is 0 Å². The average Bonchev–Trinajstić information content (AvgIpc) is 2.38. The normalized spacial score (nSPS) is 10.3. The Balaban J connectivity index is 2.16. The lowest BCUT2D eigenvalue weighted by molar-refractivity contribution is 0.299. The van der Waals surface area contributed by atoms with Crippen LogP contribution in [0.3, 0.4) is 0 Å². The zero-order chi connectivity index (χ0) is 13.0. The van der Waals surface area contributed by atoms with Crippen molar-refractivity contribution in [3.05, 3.63) is 41.2 Å². The van der Waals surface area contributed by atoms with Crippen molar-refractivity contribution in [2.75, 3.05) is 12.3 Å². The second-order valence-electron chi connectivity index (χ2n) is 3.60. The summed E-state index contributed by atoms with van der Waals surface area (Å²) in [6, 6.07) is 7.28. The van der Waals surface area contributed by atoms with Crippen LogP contribution in [0.15, 0.2) is 30.6 Å². The average molecular weight is 266 g/mol. The maximum absolute atomic E-state index is 8.81. The molecule has 0 saturated heterocycles. The third-order valence-corrected chi connectivity index (χ3v) is 2.68. The van der Waals surface area contributed by atoms with E-state index in [0.717, 1.165) is 5.56 Å². The van der Waals surface area contributed by atoms with Crippen molar-refractivity contribution in [1.29, 1.82) is 0 Å². The minimum atomic E-state index is 0.120. The minimum absolute atomic E-state index is 0.120. The van der Waals surface area contributed by atoms with Gasteiger partial charge in [0.2, 0.25) is 5.88 Å². The molecule has 0 bridgehead atoms. The van der Waals surface area contributed by atoms with E-state index in [0.29, 0.717) is 12.2 Å². The van der Waals surface area contributed by atoms with Crippen LogP contribution >= 0.6 is 11.6 Å². The number of rotatable bonds is 4. The van der Waals surface area contributed by atoms with E-state index in [1.165, 1.54) is 6.33 Å². The van der Waals surface area contributed by atoms with E-state index in [-0.39, 0.29) is 23.3 Å². The smallest absolute Gasteiger partial charge is 0.243 e. The van der Waals surface area contributed by atoms with Gasteiger partial charge in [0.1, 0.15) is 22.9 Å². The maximum atomic E-state index is 8.81. The van der Waals surface area contributed by atoms with Crippen molar-refractivity contribution < 1.29 is 9.84 Å². The molecule has 0 aliphatic heterocycles. The summed E-state index contributed by atoms with van der Waals surface area (Å²) in [5.74, 6) is 0.995. The Morgan fingerprint density at radius 2 is 1.94 bits per heavy atom. The number of halogens is 1. The Hall–Kier alpha value is -1.85. The fourth-order valence-electron chi connectivity index (χ4n) is 1.40. The molecule has 94 valence electrons. The number of hydrogen-bond acceptors (Lipinski definition) is 5. The standard InChI is InChI=1S/C12H12ClN3O2/c13-10-11(14)15-7-16-12(10)18-9-3-1-8(2-4-9)5-6-17/h1-4,7,17H,5-6H2,(H2,14,15,16). The van der Waals surface area contributed by atoms with Crippen LogP contribution in [0, 0.1) is 0 Å². The summed E-state index contributed by atoms with van der Waals surface area (Å²) in [6.45, 7) is 0.120. The Morgan fingerprint density at radius 3 is 2.61 bits per heavy atom. The quantitative estimate of drug-likeness (QED) is 0.884. The number of aliphatic hydroxyl groups excluding tert-OH is 1. The number of nitrogens with two attached hydrogens (primary N) is 1. The highest BCUT2D eigenvalue weighted by atomic mass is 35.5. The van der Waals surface area contributed by atoms with Crippen LogP contribution in [-0.2, 0) is 6.42 Å². The SMILES string of the molecule is Nc1ncnc(Oc2ccc(CCO)cc2)c1Cl. The van der Waals surface area contributed by atoms with E-state index < -0.39 is 0 Å². The molecule has 0 radical (unpaired) electrons. The minimum Gasteiger partial charge on any atom is -0.437 e. The molecule has 0 unspecified atom stereocenters. The molecular formula is C12H12ClN3O2. The van der Waals surface area contributed by atoms with Gasteiger partial charge in [-0.25, -0.2) is 4.98 Å². The van der Waals surface area contributed by atoms with Crippen molar-refractivity contribution in [3.63, 3.8) is 0 Å². The fraction of sp³-hybridized carbons (Fsp3) is 0.167. The molecule has 0 atom stereocenters. The summed E-state index contributed by atoms with van der Waals surface area (Å²) in [5.41, 5.74) is 6.57. The van der Waals surface area contributed by atoms with E-state index in [9.17, 15) is 0 Å². The molecule has 5 nitrogen and oxygen atoms in total. The molecule has 1 heterocycles. The number of ether oxygens (including phenoxy) is 1. The van der Waals surface area contributed by atoms with Gasteiger partial charge in [0.15, 0.2) is 0 Å². The molecular weight excluding hydrogens is 254 g/mol. The van der Waals surface area contributed by atoms with Gasteiger partial charge < -0.3 is 15.6 Å². The zero-order valence-electron chi connectivity index (χ0n) is 9.51. The Morgan fingerprint density at radius 1 is 1.22 bits per heavy atom. The van der Waals surface area contributed by atoms with Crippen molar-refractivity contribution in [1.82, 2.24) is 9.97 Å². The van der Waals surface area contributed by atoms with Crippen LogP contribution in [0.1, 0.15) is 5.56 Å². The molecule has 0 spiro atoms. The molecule has 0 aliphatic carbocycles. The summed E-state index contributed by atoms with van der Waals surface area (Å²) in [5, 5.41) is 9.00. The summed E-state index contributed by atoms with van der Waals surface area (Å²) in [7, 11) is 0. The lowest BCUT2D eigenvalue weighted by Gasteiger charge is -2.07. The number of hydrogen-bond donors (Lipinski definition) is 2. The molecule has 1 aromatic heterocycles. The first-order valence-corrected chi connectivity index (χ1v) is 5.72. The zero-order valence-corrected chi connectivity index (χ0v) is 10.3. The van der Waals surface area contributed by atoms with Crippen molar-refractivity contribution in [2.45, 2.75) is 6.42 Å². The number of anilines is 1. The summed E-state index contributed by atoms with van der Waals surface area (Å²) in [6.07, 6.45) is 1.90. The van der Waals surface area contributed by atoms with Crippen LogP contribution in [-0.4, -0.2) is 21.7 Å². The van der Waals surface area contributed by atoms with E-state index in [1.54, 1.807) is 12.1 Å². The summed E-state index contributed by atoms with van der Waals surface area (Å²) in [4.78, 5) is 7.65. The largest absolute Gasteiger partial charge is 0.437 e. The summed E-state index contributed by atoms with van der Waals surface area (Å²) >= 11 is 5.92. The fourth-order valence-corrected chi connectivity index (χ4v) is 1.54. The second kappa shape index (κ2) is 5.66. The predicted molar refractivity (Wildman–Crippen MR) is 68.8 cm³/mol. The van der Waals surface area contributed by atoms with Gasteiger partial charge in [-0.2, -0.15) is 4.98 Å². The Labute approximate surface area is 109 Å². The van der Waals surface area contributed by atoms with Crippen molar-refractivity contribution in [3.8, 4) is 11.6 Å². The van der Waals surface area contributed by atoms with Crippen LogP contribution in [0.25, 0.3) is 0 Å². The van der Waals surface area contributed by atoms with Crippen molar-refractivity contribution >= 4 is 17.4 Å². The molecule has 0 saturated carbocycles. The van der Waals surface area contributed by atoms with Crippen LogP contribution in [0.2, 0.25) is 5.02 Å². The van der Waals surface area contributed by atoms with E-state index in [1.807, 2.05) is 12.1 Å². The van der Waals surface area contributed by atoms with Gasteiger partial charge in [-0.3, -0.25) is 0 Å². The van der Waals surface area contributed by atoms with Gasteiger partial charge in [-0.15, -0.1) is 0 Å². The molecule has 0 aliphatic rings. The molecule has 3 N–H and O–H groups in total. The molecule has 2 rings (SSSR count). The topological polar surface area (TPSA) is 81.3 Å². The third kappa shape index (κ3) is 2.88. The Bertz CT molecular complexity index is 531. The van der Waals surface area contributed by atoms with Gasteiger partial charge in [0.25, 0.3) is 0 Å². The maximum Gasteiger partial charge on any atom is 0.243 e. The first-order valence-electron chi connectivity index (χ1n) is 5.34. The van der Waals surface area contributed by atoms with E-state index in [4.69, 9.17) is 27.2 Å². The predicted octanol–water partition coefficient (Wildman–Crippen LogP) is 2.04. The van der Waals surface area contributed by atoms with E-state index in [2.05, 4.69) is 9.97 Å². The molecule has 0 fully saturated rings. The van der Waals surface area contributed by atoms with Gasteiger partial charge >= 0.3 is 0 Å². The van der Waals surface area contributed by atoms with Gasteiger partial charge in [-0.1, -0.05) is 23.7 Å². The van der Waals surface area contributed by atoms with Gasteiger partial charge in [0, 0.05) is 6.61 Å². The first kappa shape index (κ1) is 12.6. The van der Waals surface area contributed by atoms with Crippen molar-refractivity contribution in [2.24, 2.45) is 0 Å². The first-order chi connectivity index (χ1) is 8.70. The molecule has 1 aromatic carbocycles. The van der Waals surface area contributed by atoms with Crippen LogP contribution in [0.4, 0.5) is 5.82 Å². The highest BCUT2D eigenvalue weighted by Crippen LogP contribution is 2.29. The van der Waals surface area contributed by atoms with Gasteiger partial charge in [-0.05, 0) is 24.1 Å². The molecule has 2 aromatic rings. The Kier molecular flexibility index (Phi) is 3.96. The molecule has 0 amide bonds. The third-order valence-electron chi connectivity index (χ3n) is 2.32. The number of aliphatic hydroxyl groups is 1. The van der Waals surface area contributed by atoms with Crippen LogP contribution in [0.5, 0.6) is 11.6 Å². The number of nitrogen functional groups attached to an aromatic ring is 1. The highest BCUT2D eigenvalue weighted by molar-refractivity contribution is 6.34. The second-order valence-corrected chi connectivity index (χ2v) is 3.98. The number of benzene rings is 1.